The SMILES string of the molecule is Cc1nc2c([nH]1)CCc1c-2ccc2cc(-c3ccc(-c4cnc(C(C)C)[nH]4)c(F)c3)ccc12. The quantitative estimate of drug-likeness (QED) is 0.321. The molecule has 2 aromatic heterocycles. The van der Waals surface area contributed by atoms with Gasteiger partial charge in [0, 0.05) is 22.7 Å². The largest absolute Gasteiger partial charge is 0.346 e. The second kappa shape index (κ2) is 7.41. The molecule has 0 atom stereocenters. The summed E-state index contributed by atoms with van der Waals surface area (Å²) in [6, 6.07) is 16.2. The zero-order valence-corrected chi connectivity index (χ0v) is 19.0. The van der Waals surface area contributed by atoms with Gasteiger partial charge >= 0.3 is 0 Å². The fourth-order valence-corrected chi connectivity index (χ4v) is 4.94. The maximum Gasteiger partial charge on any atom is 0.133 e. The number of rotatable bonds is 3. The molecule has 33 heavy (non-hydrogen) atoms. The third-order valence-corrected chi connectivity index (χ3v) is 6.64. The first kappa shape index (κ1) is 19.9. The molecule has 0 spiro atoms. The molecule has 0 aliphatic heterocycles. The van der Waals surface area contributed by atoms with Crippen LogP contribution < -0.4 is 0 Å². The van der Waals surface area contributed by atoms with Gasteiger partial charge < -0.3 is 9.97 Å². The first-order chi connectivity index (χ1) is 16.0. The zero-order valence-electron chi connectivity index (χ0n) is 19.0. The van der Waals surface area contributed by atoms with Crippen LogP contribution in [-0.4, -0.2) is 19.9 Å². The van der Waals surface area contributed by atoms with Crippen molar-refractivity contribution in [1.82, 2.24) is 19.9 Å². The number of aromatic nitrogens is 4. The predicted molar refractivity (Wildman–Crippen MR) is 131 cm³/mol. The maximum absolute atomic E-state index is 15.1. The van der Waals surface area contributed by atoms with Crippen molar-refractivity contribution in [2.45, 2.75) is 39.5 Å². The Hall–Kier alpha value is -3.73. The number of H-pyrrole nitrogens is 2. The Balaban J connectivity index is 1.38. The van der Waals surface area contributed by atoms with E-state index in [1.807, 2.05) is 19.1 Å². The van der Waals surface area contributed by atoms with Crippen molar-refractivity contribution in [2.75, 3.05) is 0 Å². The van der Waals surface area contributed by atoms with Gasteiger partial charge in [-0.15, -0.1) is 0 Å². The molecule has 1 aliphatic rings. The first-order valence-electron chi connectivity index (χ1n) is 11.4. The summed E-state index contributed by atoms with van der Waals surface area (Å²) < 4.78 is 15.1. The van der Waals surface area contributed by atoms with E-state index in [4.69, 9.17) is 4.98 Å². The van der Waals surface area contributed by atoms with Gasteiger partial charge in [0.2, 0.25) is 0 Å². The molecule has 0 amide bonds. The van der Waals surface area contributed by atoms with Crippen LogP contribution in [0.15, 0.2) is 54.7 Å². The molecular weight excluding hydrogens is 411 g/mol. The van der Waals surface area contributed by atoms with E-state index in [0.29, 0.717) is 11.3 Å². The number of hydrogen-bond donors (Lipinski definition) is 2. The number of nitrogens with zero attached hydrogens (tertiary/aromatic N) is 2. The number of hydrogen-bond acceptors (Lipinski definition) is 2. The van der Waals surface area contributed by atoms with Crippen molar-refractivity contribution < 1.29 is 4.39 Å². The number of fused-ring (bicyclic) bond motifs is 5. The van der Waals surface area contributed by atoms with Crippen LogP contribution in [0, 0.1) is 12.7 Å². The van der Waals surface area contributed by atoms with Crippen molar-refractivity contribution in [1.29, 1.82) is 0 Å². The predicted octanol–water partition coefficient (Wildman–Crippen LogP) is 6.96. The molecule has 5 heteroatoms. The summed E-state index contributed by atoms with van der Waals surface area (Å²) in [5.74, 6) is 1.85. The van der Waals surface area contributed by atoms with Crippen molar-refractivity contribution in [2.24, 2.45) is 0 Å². The highest BCUT2D eigenvalue weighted by Gasteiger charge is 2.21. The molecule has 164 valence electrons. The number of benzene rings is 3. The summed E-state index contributed by atoms with van der Waals surface area (Å²) in [4.78, 5) is 15.7. The molecule has 4 nitrogen and oxygen atoms in total. The third-order valence-electron chi connectivity index (χ3n) is 6.64. The number of halogens is 1. The molecule has 2 heterocycles. The monoisotopic (exact) mass is 436 g/mol. The van der Waals surface area contributed by atoms with Gasteiger partial charge in [0.05, 0.1) is 17.6 Å². The Morgan fingerprint density at radius 2 is 1.70 bits per heavy atom. The maximum atomic E-state index is 15.1. The van der Waals surface area contributed by atoms with Crippen LogP contribution in [0.4, 0.5) is 4.39 Å². The van der Waals surface area contributed by atoms with Crippen LogP contribution in [0.2, 0.25) is 0 Å². The normalized spacial score (nSPS) is 12.9. The van der Waals surface area contributed by atoms with Crippen LogP contribution >= 0.6 is 0 Å². The molecule has 0 saturated heterocycles. The lowest BCUT2D eigenvalue weighted by molar-refractivity contribution is 0.631. The Morgan fingerprint density at radius 1 is 0.909 bits per heavy atom. The Kier molecular flexibility index (Phi) is 4.47. The van der Waals surface area contributed by atoms with Crippen LogP contribution in [0.1, 0.15) is 42.7 Å². The van der Waals surface area contributed by atoms with Crippen LogP contribution in [-0.2, 0) is 12.8 Å². The van der Waals surface area contributed by atoms with Crippen molar-refractivity contribution in [3.63, 3.8) is 0 Å². The smallest absolute Gasteiger partial charge is 0.133 e. The summed E-state index contributed by atoms with van der Waals surface area (Å²) in [7, 11) is 0. The van der Waals surface area contributed by atoms with Crippen LogP contribution in [0.3, 0.4) is 0 Å². The molecule has 0 fully saturated rings. The van der Waals surface area contributed by atoms with Crippen LogP contribution in [0.25, 0.3) is 44.4 Å². The molecule has 0 bridgehead atoms. The Bertz CT molecular complexity index is 1520. The Morgan fingerprint density at radius 3 is 2.48 bits per heavy atom. The van der Waals surface area contributed by atoms with Gasteiger partial charge in [0.25, 0.3) is 0 Å². The summed E-state index contributed by atoms with van der Waals surface area (Å²) in [5, 5.41) is 2.42. The van der Waals surface area contributed by atoms with E-state index in [2.05, 4.69) is 59.1 Å². The van der Waals surface area contributed by atoms with Crippen molar-refractivity contribution in [3.8, 4) is 33.6 Å². The first-order valence-corrected chi connectivity index (χ1v) is 11.4. The van der Waals surface area contributed by atoms with Crippen molar-refractivity contribution in [3.05, 3.63) is 83.5 Å². The third kappa shape index (κ3) is 3.27. The second-order valence-corrected chi connectivity index (χ2v) is 9.21. The van der Waals surface area contributed by atoms with E-state index >= 15 is 4.39 Å². The minimum atomic E-state index is -0.251. The molecule has 1 aliphatic carbocycles. The fraction of sp³-hybridized carbons (Fsp3) is 0.214. The van der Waals surface area contributed by atoms with E-state index in [-0.39, 0.29) is 11.7 Å². The molecule has 0 unspecified atom stereocenters. The molecule has 6 rings (SSSR count). The summed E-state index contributed by atoms with van der Waals surface area (Å²) in [6.07, 6.45) is 3.67. The average molecular weight is 437 g/mol. The topological polar surface area (TPSA) is 57.4 Å². The van der Waals surface area contributed by atoms with E-state index in [0.717, 1.165) is 41.3 Å². The van der Waals surface area contributed by atoms with Gasteiger partial charge in [-0.25, -0.2) is 14.4 Å². The van der Waals surface area contributed by atoms with Crippen molar-refractivity contribution >= 4 is 10.8 Å². The molecule has 5 aromatic rings. The van der Waals surface area contributed by atoms with Gasteiger partial charge in [0.15, 0.2) is 0 Å². The van der Waals surface area contributed by atoms with E-state index < -0.39 is 0 Å². The van der Waals surface area contributed by atoms with Gasteiger partial charge in [-0.2, -0.15) is 0 Å². The minimum Gasteiger partial charge on any atom is -0.346 e. The number of aromatic amines is 2. The summed E-state index contributed by atoms with van der Waals surface area (Å²) in [6.45, 7) is 6.13. The van der Waals surface area contributed by atoms with Gasteiger partial charge in [-0.1, -0.05) is 44.2 Å². The molecule has 2 N–H and O–H groups in total. The molecular formula is C28H25FN4. The number of aryl methyl sites for hydroxylation is 3. The molecule has 0 radical (unpaired) electrons. The fourth-order valence-electron chi connectivity index (χ4n) is 4.94. The highest BCUT2D eigenvalue weighted by molar-refractivity contribution is 5.95. The minimum absolute atomic E-state index is 0.251. The van der Waals surface area contributed by atoms with Gasteiger partial charge in [-0.05, 0) is 65.4 Å². The zero-order chi connectivity index (χ0) is 22.7. The van der Waals surface area contributed by atoms with Gasteiger partial charge in [-0.3, -0.25) is 0 Å². The molecule has 0 saturated carbocycles. The average Bonchev–Trinajstić information content (AvgIpc) is 3.44. The molecule has 3 aromatic carbocycles. The Labute approximate surface area is 191 Å². The lowest BCUT2D eigenvalue weighted by atomic mass is 9.87. The van der Waals surface area contributed by atoms with E-state index in [1.165, 1.54) is 27.6 Å². The van der Waals surface area contributed by atoms with E-state index in [9.17, 15) is 0 Å². The van der Waals surface area contributed by atoms with E-state index in [1.54, 1.807) is 12.3 Å². The lowest BCUT2D eigenvalue weighted by Crippen LogP contribution is -2.04. The highest BCUT2D eigenvalue weighted by Crippen LogP contribution is 2.38. The number of imidazole rings is 2. The van der Waals surface area contributed by atoms with Gasteiger partial charge in [0.1, 0.15) is 17.5 Å². The van der Waals surface area contributed by atoms with Crippen LogP contribution in [0.5, 0.6) is 0 Å². The second-order valence-electron chi connectivity index (χ2n) is 9.21. The summed E-state index contributed by atoms with van der Waals surface area (Å²) in [5.41, 5.74) is 7.99. The summed E-state index contributed by atoms with van der Waals surface area (Å²) >= 11 is 0. The lowest BCUT2D eigenvalue weighted by Gasteiger charge is -2.18. The highest BCUT2D eigenvalue weighted by atomic mass is 19.1. The standard InChI is InChI=1S/C28H25FN4/c1-15(2)28-30-14-26(33-28)23-9-5-18(13-24(23)29)17-4-7-20-19(12-17)6-8-22-21(20)10-11-25-27(22)32-16(3)31-25/h4-9,12-15H,10-11H2,1-3H3,(H,30,33)(H,31,32). The number of nitrogens with one attached hydrogen (secondary N) is 2.